The molecule has 0 fully saturated rings. The van der Waals surface area contributed by atoms with Crippen molar-refractivity contribution in [3.8, 4) is 67.0 Å². The molecule has 2 nitrogen and oxygen atoms in total. The molecule has 2 aromatic heterocycles. The molecule has 0 saturated carbocycles. The van der Waals surface area contributed by atoms with E-state index in [0.717, 1.165) is 83.0 Å². The van der Waals surface area contributed by atoms with Crippen molar-refractivity contribution < 1.29 is 4.11 Å². The fourth-order valence-electron chi connectivity index (χ4n) is 9.21. The van der Waals surface area contributed by atoms with Gasteiger partial charge in [0.25, 0.3) is 0 Å². The van der Waals surface area contributed by atoms with Crippen LogP contribution in [-0.2, 0) is 0 Å². The zero-order chi connectivity index (χ0) is 43.6. The van der Waals surface area contributed by atoms with Crippen LogP contribution in [0, 0.1) is 0 Å². The lowest BCUT2D eigenvalue weighted by Crippen LogP contribution is -1.94. The van der Waals surface area contributed by atoms with Crippen molar-refractivity contribution in [2.75, 3.05) is 0 Å². The van der Waals surface area contributed by atoms with Crippen molar-refractivity contribution in [3.63, 3.8) is 0 Å². The quantitative estimate of drug-likeness (QED) is 0.152. The van der Waals surface area contributed by atoms with Gasteiger partial charge in [-0.3, -0.25) is 0 Å². The number of hydrogen-bond acceptors (Lipinski definition) is 0. The maximum Gasteiger partial charge on any atom is 0.0645 e. The Morgan fingerprint density at radius 3 is 1.45 bits per heavy atom. The summed E-state index contributed by atoms with van der Waals surface area (Å²) in [5.41, 5.74) is 15.7. The first kappa shape index (κ1) is 32.6. The topological polar surface area (TPSA) is 9.86 Å². The number of rotatable bonds is 7. The summed E-state index contributed by atoms with van der Waals surface area (Å²) >= 11 is 0. The molecule has 0 radical (unpaired) electrons. The van der Waals surface area contributed by atoms with Gasteiger partial charge in [0.05, 0.1) is 26.2 Å². The molecule has 0 saturated heterocycles. The van der Waals surface area contributed by atoms with Crippen LogP contribution in [0.1, 0.15) is 4.11 Å². The maximum absolute atomic E-state index is 9.93. The lowest BCUT2D eigenvalue weighted by molar-refractivity contribution is 1.18. The summed E-state index contributed by atoms with van der Waals surface area (Å²) in [6.07, 6.45) is 0. The zero-order valence-corrected chi connectivity index (χ0v) is 33.8. The lowest BCUT2D eigenvalue weighted by atomic mass is 9.97. The molecule has 2 heteroatoms. The molecule has 0 unspecified atom stereocenters. The molecule has 0 bridgehead atoms. The highest BCUT2D eigenvalue weighted by molar-refractivity contribution is 6.13. The van der Waals surface area contributed by atoms with Crippen molar-refractivity contribution >= 4 is 43.6 Å². The molecule has 62 heavy (non-hydrogen) atoms. The number of para-hydroxylation sites is 1. The molecule has 10 aromatic carbocycles. The van der Waals surface area contributed by atoms with Crippen LogP contribution >= 0.6 is 0 Å². The van der Waals surface area contributed by atoms with Gasteiger partial charge in [-0.2, -0.15) is 0 Å². The molecule has 0 N–H and O–H groups in total. The molecule has 0 aliphatic heterocycles. The molecule has 290 valence electrons. The minimum atomic E-state index is 0.0333. The smallest absolute Gasteiger partial charge is 0.0645 e. The van der Waals surface area contributed by atoms with Crippen LogP contribution in [-0.4, -0.2) is 9.13 Å². The van der Waals surface area contributed by atoms with Crippen LogP contribution in [0.25, 0.3) is 111 Å². The number of nitrogens with zero attached hydrogens (tertiary/aromatic N) is 2. The van der Waals surface area contributed by atoms with Gasteiger partial charge in [0.2, 0.25) is 0 Å². The minimum Gasteiger partial charge on any atom is -0.309 e. The highest BCUT2D eigenvalue weighted by Gasteiger charge is 2.18. The van der Waals surface area contributed by atoms with Crippen LogP contribution in [0.15, 0.2) is 243 Å². The van der Waals surface area contributed by atoms with E-state index in [9.17, 15) is 4.11 Å². The monoisotopic (exact) mass is 791 g/mol. The molecular formula is C60H40N2. The Hall–Kier alpha value is -8.20. The van der Waals surface area contributed by atoms with Crippen LogP contribution in [0.2, 0.25) is 0 Å². The van der Waals surface area contributed by atoms with Crippen LogP contribution in [0.5, 0.6) is 0 Å². The predicted molar refractivity (Wildman–Crippen MR) is 262 cm³/mol. The second-order valence-electron chi connectivity index (χ2n) is 15.9. The van der Waals surface area contributed by atoms with Crippen molar-refractivity contribution in [1.29, 1.82) is 0 Å². The fourth-order valence-corrected chi connectivity index (χ4v) is 9.21. The third-order valence-electron chi connectivity index (χ3n) is 12.2. The average Bonchev–Trinajstić information content (AvgIpc) is 3.90. The van der Waals surface area contributed by atoms with Crippen LogP contribution in [0.3, 0.4) is 0 Å². The highest BCUT2D eigenvalue weighted by Crippen LogP contribution is 2.40. The van der Waals surface area contributed by atoms with Gasteiger partial charge in [-0.25, -0.2) is 0 Å². The minimum absolute atomic E-state index is 0.0333. The van der Waals surface area contributed by atoms with Gasteiger partial charge in [0.15, 0.2) is 0 Å². The van der Waals surface area contributed by atoms with Crippen molar-refractivity contribution in [2.24, 2.45) is 0 Å². The summed E-state index contributed by atoms with van der Waals surface area (Å²) in [6.45, 7) is 0. The summed E-state index contributed by atoms with van der Waals surface area (Å²) in [7, 11) is 0. The normalized spacial score (nSPS) is 12.2. The van der Waals surface area contributed by atoms with E-state index in [4.69, 9.17) is 0 Å². The van der Waals surface area contributed by atoms with E-state index in [1.165, 1.54) is 11.1 Å². The second-order valence-corrected chi connectivity index (χ2v) is 15.9. The van der Waals surface area contributed by atoms with Crippen molar-refractivity contribution in [2.45, 2.75) is 0 Å². The third-order valence-corrected chi connectivity index (χ3v) is 12.2. The van der Waals surface area contributed by atoms with Gasteiger partial charge in [-0.1, -0.05) is 176 Å². The largest absolute Gasteiger partial charge is 0.309 e. The van der Waals surface area contributed by atoms with Crippen molar-refractivity contribution in [3.05, 3.63) is 243 Å². The predicted octanol–water partition coefficient (Wildman–Crippen LogP) is 16.2. The Balaban J connectivity index is 1.05. The lowest BCUT2D eigenvalue weighted by Gasteiger charge is -2.11. The van der Waals surface area contributed by atoms with E-state index in [1.807, 2.05) is 72.8 Å². The Labute approximate surface area is 365 Å². The first-order valence-corrected chi connectivity index (χ1v) is 21.1. The Bertz CT molecular complexity index is 3780. The number of benzene rings is 10. The first-order valence-electron chi connectivity index (χ1n) is 22.6. The van der Waals surface area contributed by atoms with E-state index in [1.54, 1.807) is 0 Å². The van der Waals surface area contributed by atoms with Crippen LogP contribution < -0.4 is 0 Å². The number of hydrogen-bond donors (Lipinski definition) is 0. The molecule has 12 rings (SSSR count). The SMILES string of the molecule is [2H]c1c(-c2ccc3c(c2)c2ccc(-c4cccc(-c5ccccc5)c4)cc2n3-c2ccc(-c3ccccc3)cc2)c([2H])c2c3ccccc3n(-c3cccc(-c4ccccc4)c3)c2c1[2H]. The second kappa shape index (κ2) is 14.8. The van der Waals surface area contributed by atoms with Gasteiger partial charge < -0.3 is 9.13 Å². The summed E-state index contributed by atoms with van der Waals surface area (Å²) in [6, 6.07) is 78.4. The van der Waals surface area contributed by atoms with Crippen LogP contribution in [0.4, 0.5) is 0 Å². The highest BCUT2D eigenvalue weighted by atomic mass is 15.0. The van der Waals surface area contributed by atoms with E-state index < -0.39 is 0 Å². The summed E-state index contributed by atoms with van der Waals surface area (Å²) in [4.78, 5) is 0. The molecular weight excluding hydrogens is 749 g/mol. The standard InChI is InChI=1S/C60H40N2/c1-4-14-41(15-5-1)44-26-31-51(32-27-44)61-58-34-29-49(39-56(58)54-33-28-50(40-60(54)61)46-21-12-20-45(36-46)42-16-6-2-7-17-42)48-30-35-59-55(38-48)53-24-10-11-25-57(53)62(59)52-23-13-22-47(37-52)43-18-8-3-9-19-43/h1-40H/i30D,35D,38D. The Morgan fingerprint density at radius 1 is 0.242 bits per heavy atom. The summed E-state index contributed by atoms with van der Waals surface area (Å²) < 4.78 is 33.6. The summed E-state index contributed by atoms with van der Waals surface area (Å²) in [5, 5.41) is 3.63. The Morgan fingerprint density at radius 2 is 0.726 bits per heavy atom. The van der Waals surface area contributed by atoms with E-state index in [-0.39, 0.29) is 18.1 Å². The molecule has 0 spiro atoms. The van der Waals surface area contributed by atoms with Gasteiger partial charge in [-0.15, -0.1) is 0 Å². The molecule has 12 aromatic rings. The molecule has 2 heterocycles. The van der Waals surface area contributed by atoms with Gasteiger partial charge in [-0.05, 0) is 122 Å². The first-order chi connectivity index (χ1) is 32.0. The average molecular weight is 792 g/mol. The molecule has 0 atom stereocenters. The Kier molecular flexibility index (Phi) is 7.79. The fraction of sp³-hybridized carbons (Fsp3) is 0. The maximum atomic E-state index is 9.93. The van der Waals surface area contributed by atoms with E-state index >= 15 is 0 Å². The van der Waals surface area contributed by atoms with E-state index in [0.29, 0.717) is 16.5 Å². The molecule has 0 aliphatic rings. The van der Waals surface area contributed by atoms with Crippen molar-refractivity contribution in [1.82, 2.24) is 9.13 Å². The summed E-state index contributed by atoms with van der Waals surface area (Å²) in [5.74, 6) is 0. The molecule has 0 amide bonds. The molecule has 0 aliphatic carbocycles. The van der Waals surface area contributed by atoms with Gasteiger partial charge in [0.1, 0.15) is 0 Å². The van der Waals surface area contributed by atoms with E-state index in [2.05, 4.69) is 161 Å². The number of aromatic nitrogens is 2. The van der Waals surface area contributed by atoms with Gasteiger partial charge in [0, 0.05) is 32.9 Å². The number of fused-ring (bicyclic) bond motifs is 6. The van der Waals surface area contributed by atoms with Gasteiger partial charge >= 0.3 is 0 Å². The zero-order valence-electron chi connectivity index (χ0n) is 36.8. The third kappa shape index (κ3) is 6.12.